The average Bonchev–Trinajstić information content (AvgIpc) is 2.36. The van der Waals surface area contributed by atoms with Crippen molar-refractivity contribution in [2.45, 2.75) is 64.5 Å². The molecular formula is C16H33N3O. The fourth-order valence-electron chi connectivity index (χ4n) is 2.99. The summed E-state index contributed by atoms with van der Waals surface area (Å²) in [6.07, 6.45) is 7.25. The molecule has 1 fully saturated rings. The van der Waals surface area contributed by atoms with Crippen molar-refractivity contribution in [3.05, 3.63) is 0 Å². The van der Waals surface area contributed by atoms with E-state index in [-0.39, 0.29) is 5.91 Å². The van der Waals surface area contributed by atoms with Gasteiger partial charge < -0.3 is 15.5 Å². The second-order valence-electron chi connectivity index (χ2n) is 6.87. The maximum absolute atomic E-state index is 12.0. The molecule has 0 radical (unpaired) electrons. The first-order chi connectivity index (χ1) is 9.47. The highest BCUT2D eigenvalue weighted by atomic mass is 16.2. The first-order valence-electron chi connectivity index (χ1n) is 8.15. The quantitative estimate of drug-likeness (QED) is 0.716. The normalized spacial score (nSPS) is 18.5. The molecule has 1 saturated carbocycles. The number of amides is 1. The molecule has 1 unspecified atom stereocenters. The van der Waals surface area contributed by atoms with Gasteiger partial charge in [0.15, 0.2) is 0 Å². The fraction of sp³-hybridized carbons (Fsp3) is 0.938. The molecule has 1 amide bonds. The van der Waals surface area contributed by atoms with Crippen molar-refractivity contribution < 1.29 is 4.79 Å². The number of likely N-dealkylation sites (N-methyl/N-ethyl adjacent to an activating group) is 1. The number of hydrogen-bond donors (Lipinski definition) is 2. The van der Waals surface area contributed by atoms with Gasteiger partial charge in [-0.1, -0.05) is 33.1 Å². The summed E-state index contributed by atoms with van der Waals surface area (Å²) in [6.45, 7) is 5.88. The molecule has 1 rings (SSSR count). The lowest BCUT2D eigenvalue weighted by Gasteiger charge is -2.26. The van der Waals surface area contributed by atoms with Crippen LogP contribution in [0.15, 0.2) is 0 Å². The van der Waals surface area contributed by atoms with E-state index in [4.69, 9.17) is 0 Å². The maximum atomic E-state index is 12.0. The van der Waals surface area contributed by atoms with E-state index in [2.05, 4.69) is 43.5 Å². The Kier molecular flexibility index (Phi) is 8.15. The number of carbonyl (C=O) groups is 1. The Bertz CT molecular complexity index is 263. The zero-order valence-electron chi connectivity index (χ0n) is 13.7. The van der Waals surface area contributed by atoms with Crippen LogP contribution in [0, 0.1) is 5.92 Å². The van der Waals surface area contributed by atoms with Crippen LogP contribution in [0.1, 0.15) is 52.4 Å². The van der Waals surface area contributed by atoms with Gasteiger partial charge in [-0.2, -0.15) is 0 Å². The molecular weight excluding hydrogens is 250 g/mol. The maximum Gasteiger partial charge on any atom is 0.234 e. The van der Waals surface area contributed by atoms with E-state index < -0.39 is 0 Å². The van der Waals surface area contributed by atoms with Crippen LogP contribution in [-0.4, -0.2) is 50.1 Å². The Hall–Kier alpha value is -0.610. The summed E-state index contributed by atoms with van der Waals surface area (Å²) in [5.74, 6) is 0.804. The SMILES string of the molecule is CC(C)CC(CN(C)C)NCC(=O)NC1CCCCC1. The van der Waals surface area contributed by atoms with Gasteiger partial charge in [-0.05, 0) is 39.3 Å². The Labute approximate surface area is 124 Å². The molecule has 1 aliphatic rings. The smallest absolute Gasteiger partial charge is 0.234 e. The monoisotopic (exact) mass is 283 g/mol. The van der Waals surface area contributed by atoms with Crippen LogP contribution in [0.4, 0.5) is 0 Å². The highest BCUT2D eigenvalue weighted by molar-refractivity contribution is 5.78. The molecule has 0 aromatic heterocycles. The van der Waals surface area contributed by atoms with E-state index in [0.29, 0.717) is 24.5 Å². The Morgan fingerprint density at radius 3 is 2.40 bits per heavy atom. The van der Waals surface area contributed by atoms with Crippen molar-refractivity contribution in [1.29, 1.82) is 0 Å². The van der Waals surface area contributed by atoms with Gasteiger partial charge in [0.1, 0.15) is 0 Å². The molecule has 1 aliphatic carbocycles. The van der Waals surface area contributed by atoms with E-state index in [1.807, 2.05) is 0 Å². The highest BCUT2D eigenvalue weighted by Gasteiger charge is 2.17. The second-order valence-corrected chi connectivity index (χ2v) is 6.87. The third-order valence-electron chi connectivity index (χ3n) is 3.86. The van der Waals surface area contributed by atoms with Crippen LogP contribution >= 0.6 is 0 Å². The van der Waals surface area contributed by atoms with Crippen LogP contribution in [0.5, 0.6) is 0 Å². The zero-order chi connectivity index (χ0) is 15.0. The standard InChI is InChI=1S/C16H33N3O/c1-13(2)10-15(12-19(3)4)17-11-16(20)18-14-8-6-5-7-9-14/h13-15,17H,5-12H2,1-4H3,(H,18,20). The van der Waals surface area contributed by atoms with Gasteiger partial charge in [-0.15, -0.1) is 0 Å². The number of rotatable bonds is 8. The predicted molar refractivity (Wildman–Crippen MR) is 84.8 cm³/mol. The molecule has 4 heteroatoms. The summed E-state index contributed by atoms with van der Waals surface area (Å²) in [5.41, 5.74) is 0. The molecule has 0 heterocycles. The van der Waals surface area contributed by atoms with Gasteiger partial charge in [0.2, 0.25) is 5.91 Å². The Balaban J connectivity index is 2.27. The van der Waals surface area contributed by atoms with Crippen LogP contribution in [0.25, 0.3) is 0 Å². The number of hydrogen-bond acceptors (Lipinski definition) is 3. The molecule has 0 aromatic carbocycles. The molecule has 1 atom stereocenters. The average molecular weight is 283 g/mol. The van der Waals surface area contributed by atoms with Crippen molar-refractivity contribution >= 4 is 5.91 Å². The van der Waals surface area contributed by atoms with E-state index in [1.165, 1.54) is 19.3 Å². The minimum Gasteiger partial charge on any atom is -0.352 e. The summed E-state index contributed by atoms with van der Waals surface area (Å²) in [4.78, 5) is 14.2. The Morgan fingerprint density at radius 1 is 1.20 bits per heavy atom. The van der Waals surface area contributed by atoms with Crippen LogP contribution in [0.2, 0.25) is 0 Å². The lowest BCUT2D eigenvalue weighted by molar-refractivity contribution is -0.121. The minimum absolute atomic E-state index is 0.157. The first-order valence-corrected chi connectivity index (χ1v) is 8.15. The van der Waals surface area contributed by atoms with Gasteiger partial charge in [0.05, 0.1) is 6.54 Å². The summed E-state index contributed by atoms with van der Waals surface area (Å²) in [6, 6.07) is 0.803. The second kappa shape index (κ2) is 9.35. The number of nitrogens with zero attached hydrogens (tertiary/aromatic N) is 1. The molecule has 0 spiro atoms. The molecule has 2 N–H and O–H groups in total. The van der Waals surface area contributed by atoms with E-state index in [1.54, 1.807) is 0 Å². The fourth-order valence-corrected chi connectivity index (χ4v) is 2.99. The molecule has 0 saturated heterocycles. The number of nitrogens with one attached hydrogen (secondary N) is 2. The molecule has 4 nitrogen and oxygen atoms in total. The third-order valence-corrected chi connectivity index (χ3v) is 3.86. The van der Waals surface area contributed by atoms with Crippen LogP contribution in [-0.2, 0) is 4.79 Å². The lowest BCUT2D eigenvalue weighted by Crippen LogP contribution is -2.46. The van der Waals surface area contributed by atoms with Crippen molar-refractivity contribution in [1.82, 2.24) is 15.5 Å². The largest absolute Gasteiger partial charge is 0.352 e. The lowest BCUT2D eigenvalue weighted by atomic mass is 9.95. The van der Waals surface area contributed by atoms with Crippen LogP contribution in [0.3, 0.4) is 0 Å². The van der Waals surface area contributed by atoms with Crippen LogP contribution < -0.4 is 10.6 Å². The zero-order valence-corrected chi connectivity index (χ0v) is 13.7. The van der Waals surface area contributed by atoms with Crippen molar-refractivity contribution in [3.63, 3.8) is 0 Å². The van der Waals surface area contributed by atoms with E-state index in [9.17, 15) is 4.79 Å². The van der Waals surface area contributed by atoms with Crippen molar-refractivity contribution in [2.24, 2.45) is 5.92 Å². The third kappa shape index (κ3) is 7.85. The predicted octanol–water partition coefficient (Wildman–Crippen LogP) is 2.00. The topological polar surface area (TPSA) is 44.4 Å². The van der Waals surface area contributed by atoms with Gasteiger partial charge in [0.25, 0.3) is 0 Å². The van der Waals surface area contributed by atoms with E-state index in [0.717, 1.165) is 25.8 Å². The first kappa shape index (κ1) is 17.4. The molecule has 118 valence electrons. The summed E-state index contributed by atoms with van der Waals surface area (Å²) >= 11 is 0. The summed E-state index contributed by atoms with van der Waals surface area (Å²) in [5, 5.41) is 6.58. The van der Waals surface area contributed by atoms with Crippen molar-refractivity contribution in [3.8, 4) is 0 Å². The van der Waals surface area contributed by atoms with Crippen molar-refractivity contribution in [2.75, 3.05) is 27.2 Å². The Morgan fingerprint density at radius 2 is 1.85 bits per heavy atom. The molecule has 0 bridgehead atoms. The molecule has 0 aromatic rings. The highest BCUT2D eigenvalue weighted by Crippen LogP contribution is 2.17. The molecule has 0 aliphatic heterocycles. The van der Waals surface area contributed by atoms with Gasteiger partial charge in [-0.3, -0.25) is 4.79 Å². The number of carbonyl (C=O) groups excluding carboxylic acids is 1. The summed E-state index contributed by atoms with van der Waals surface area (Å²) in [7, 11) is 4.16. The molecule has 20 heavy (non-hydrogen) atoms. The van der Waals surface area contributed by atoms with Gasteiger partial charge in [0, 0.05) is 18.6 Å². The van der Waals surface area contributed by atoms with Gasteiger partial charge >= 0.3 is 0 Å². The minimum atomic E-state index is 0.157. The van der Waals surface area contributed by atoms with E-state index >= 15 is 0 Å². The summed E-state index contributed by atoms with van der Waals surface area (Å²) < 4.78 is 0. The van der Waals surface area contributed by atoms with Gasteiger partial charge in [-0.25, -0.2) is 0 Å².